The van der Waals surface area contributed by atoms with Crippen LogP contribution in [0.25, 0.3) is 5.57 Å². The van der Waals surface area contributed by atoms with Gasteiger partial charge in [-0.15, -0.1) is 11.3 Å². The molecule has 0 amide bonds. The van der Waals surface area contributed by atoms with Crippen molar-refractivity contribution in [1.82, 2.24) is 0 Å². The second kappa shape index (κ2) is 8.88. The van der Waals surface area contributed by atoms with Crippen molar-refractivity contribution >= 4 is 50.3 Å². The van der Waals surface area contributed by atoms with Gasteiger partial charge in [0.25, 0.3) is 0 Å². The molecule has 0 spiro atoms. The van der Waals surface area contributed by atoms with E-state index in [4.69, 9.17) is 4.74 Å². The molecule has 1 aliphatic carbocycles. The Bertz CT molecular complexity index is 894. The number of ether oxygens (including phenoxy) is 1. The van der Waals surface area contributed by atoms with E-state index in [1.165, 1.54) is 12.8 Å². The third-order valence-corrected chi connectivity index (χ3v) is 8.00. The van der Waals surface area contributed by atoms with Crippen LogP contribution in [0.15, 0.2) is 30.0 Å². The van der Waals surface area contributed by atoms with Crippen LogP contribution in [0.5, 0.6) is 0 Å². The zero-order chi connectivity index (χ0) is 20.4. The minimum atomic E-state index is -0.549. The lowest BCUT2D eigenvalue weighted by Gasteiger charge is -2.16. The zero-order valence-corrected chi connectivity index (χ0v) is 18.5. The summed E-state index contributed by atoms with van der Waals surface area (Å²) in [5, 5.41) is 2.11. The van der Waals surface area contributed by atoms with Crippen molar-refractivity contribution in [2.45, 2.75) is 37.9 Å². The number of ketones is 2. The number of carbonyl (C=O) groups excluding carboxylic acids is 2. The quantitative estimate of drug-likeness (QED) is 0.531. The maximum Gasteiger partial charge on any atom is 0.234 e. The fourth-order valence-electron chi connectivity index (χ4n) is 4.06. The van der Waals surface area contributed by atoms with Crippen LogP contribution < -0.4 is 9.89 Å². The molecule has 2 unspecified atom stereocenters. The number of hydrogen-bond acceptors (Lipinski definition) is 6. The Morgan fingerprint density at radius 2 is 2.03 bits per heavy atom. The Morgan fingerprint density at radius 3 is 2.76 bits per heavy atom. The van der Waals surface area contributed by atoms with Crippen LogP contribution in [0.4, 0.5) is 5.00 Å². The molecule has 3 aliphatic rings. The summed E-state index contributed by atoms with van der Waals surface area (Å²) in [6, 6.07) is 4.02. The van der Waals surface area contributed by atoms with Crippen LogP contribution in [-0.2, 0) is 14.3 Å². The first kappa shape index (κ1) is 20.4. The number of nitrogens with one attached hydrogen (secondary N) is 1. The molecule has 2 atom stereocenters. The average Bonchev–Trinajstić information content (AvgIpc) is 3.49. The van der Waals surface area contributed by atoms with Crippen molar-refractivity contribution in [3.05, 3.63) is 34.9 Å². The van der Waals surface area contributed by atoms with E-state index >= 15 is 0 Å². The van der Waals surface area contributed by atoms with Gasteiger partial charge in [-0.25, -0.2) is 4.99 Å². The molecular formula is C22H27N2O3S2+. The van der Waals surface area contributed by atoms with Gasteiger partial charge in [0.15, 0.2) is 0 Å². The summed E-state index contributed by atoms with van der Waals surface area (Å²) in [5.74, 6) is -0.800. The van der Waals surface area contributed by atoms with Crippen molar-refractivity contribution in [1.29, 1.82) is 0 Å². The molecular weight excluding hydrogens is 404 g/mol. The number of allylic oxidation sites excluding steroid dienone is 2. The van der Waals surface area contributed by atoms with Crippen LogP contribution in [0.1, 0.15) is 37.5 Å². The third-order valence-electron chi connectivity index (χ3n) is 5.60. The van der Waals surface area contributed by atoms with Gasteiger partial charge >= 0.3 is 0 Å². The van der Waals surface area contributed by atoms with Crippen LogP contribution in [-0.4, -0.2) is 48.6 Å². The van der Waals surface area contributed by atoms with E-state index in [-0.39, 0.29) is 11.0 Å². The summed E-state index contributed by atoms with van der Waals surface area (Å²) in [6.07, 6.45) is 8.68. The van der Waals surface area contributed by atoms with Crippen LogP contribution in [0.3, 0.4) is 0 Å². The van der Waals surface area contributed by atoms with Crippen molar-refractivity contribution < 1.29 is 19.3 Å². The highest BCUT2D eigenvalue weighted by atomic mass is 32.2. The Balaban J connectivity index is 1.59. The molecule has 0 bridgehead atoms. The molecule has 0 aromatic carbocycles. The van der Waals surface area contributed by atoms with Crippen LogP contribution >= 0.6 is 23.1 Å². The number of hydrogen-bond donors (Lipinski definition) is 1. The summed E-state index contributed by atoms with van der Waals surface area (Å²) in [6.45, 7) is 5.18. The number of nitrogens with zero attached hydrogens (tertiary/aromatic N) is 1. The lowest BCUT2D eigenvalue weighted by Crippen LogP contribution is -2.71. The lowest BCUT2D eigenvalue weighted by molar-refractivity contribution is -0.453. The van der Waals surface area contributed by atoms with Gasteiger partial charge in [0.05, 0.1) is 28.9 Å². The van der Waals surface area contributed by atoms with Crippen molar-refractivity contribution in [2.24, 2.45) is 5.92 Å². The van der Waals surface area contributed by atoms with E-state index in [0.717, 1.165) is 47.4 Å². The molecule has 2 aliphatic heterocycles. The third kappa shape index (κ3) is 3.94. The molecule has 29 heavy (non-hydrogen) atoms. The van der Waals surface area contributed by atoms with E-state index in [1.54, 1.807) is 30.2 Å². The fourth-order valence-corrected chi connectivity index (χ4v) is 6.34. The van der Waals surface area contributed by atoms with Gasteiger partial charge in [-0.05, 0) is 36.7 Å². The van der Waals surface area contributed by atoms with Crippen molar-refractivity contribution in [3.63, 3.8) is 0 Å². The number of unbranched alkanes of at least 4 members (excludes halogenated alkanes) is 1. The van der Waals surface area contributed by atoms with Gasteiger partial charge in [-0.1, -0.05) is 19.4 Å². The van der Waals surface area contributed by atoms with Crippen LogP contribution in [0, 0.1) is 5.92 Å². The number of carbonyl (C=O) groups is 2. The smallest absolute Gasteiger partial charge is 0.234 e. The second-order valence-electron chi connectivity index (χ2n) is 7.53. The van der Waals surface area contributed by atoms with Crippen LogP contribution in [0.2, 0.25) is 0 Å². The van der Waals surface area contributed by atoms with E-state index in [1.807, 2.05) is 18.2 Å². The molecule has 4 rings (SSSR count). The minimum absolute atomic E-state index is 0.110. The summed E-state index contributed by atoms with van der Waals surface area (Å²) in [7, 11) is 1.57. The van der Waals surface area contributed by atoms with Gasteiger partial charge in [0, 0.05) is 30.5 Å². The summed E-state index contributed by atoms with van der Waals surface area (Å²) in [4.78, 5) is 32.4. The molecule has 0 radical (unpaired) electrons. The first-order chi connectivity index (χ1) is 14.1. The second-order valence-corrected chi connectivity index (χ2v) is 9.81. The number of anilines is 1. The number of thioether (sulfide) groups is 1. The highest BCUT2D eigenvalue weighted by Crippen LogP contribution is 2.44. The van der Waals surface area contributed by atoms with Gasteiger partial charge in [-0.3, -0.25) is 9.59 Å². The Morgan fingerprint density at radius 1 is 1.24 bits per heavy atom. The molecule has 1 saturated heterocycles. The first-order valence-corrected chi connectivity index (χ1v) is 12.0. The van der Waals surface area contributed by atoms with E-state index in [9.17, 15) is 9.59 Å². The number of thiophene rings is 1. The average molecular weight is 432 g/mol. The van der Waals surface area contributed by atoms with E-state index < -0.39 is 11.7 Å². The van der Waals surface area contributed by atoms with E-state index in [0.29, 0.717) is 11.3 Å². The minimum Gasteiger partial charge on any atom is -0.499 e. The maximum absolute atomic E-state index is 12.9. The van der Waals surface area contributed by atoms with Gasteiger partial charge < -0.3 is 9.64 Å². The predicted octanol–water partition coefficient (Wildman–Crippen LogP) is 2.42. The summed E-state index contributed by atoms with van der Waals surface area (Å²) < 4.78 is 5.67. The molecule has 1 fully saturated rings. The molecule has 7 heteroatoms. The maximum atomic E-state index is 12.9. The zero-order valence-electron chi connectivity index (χ0n) is 16.9. The highest BCUT2D eigenvalue weighted by Gasteiger charge is 2.48. The summed E-state index contributed by atoms with van der Waals surface area (Å²) >= 11 is 3.19. The fraction of sp³-hybridized carbons (Fsp3) is 0.500. The number of rotatable bonds is 7. The molecule has 0 saturated carbocycles. The SMILES string of the molecule is CCCC[NH+]=C1C=CC(C2C(=O)C(=O)C(c3ccc(N4CCCC4)s3)=C2OC)S1. The normalized spacial score (nSPS) is 25.9. The number of Topliss-reactive ketones (excluding diaryl/α,β-unsaturated/α-hetero) is 2. The molecule has 5 nitrogen and oxygen atoms in total. The van der Waals surface area contributed by atoms with Gasteiger partial charge in [0.2, 0.25) is 16.6 Å². The predicted molar refractivity (Wildman–Crippen MR) is 119 cm³/mol. The Kier molecular flexibility index (Phi) is 6.25. The molecule has 1 aromatic heterocycles. The largest absolute Gasteiger partial charge is 0.499 e. The summed E-state index contributed by atoms with van der Waals surface area (Å²) in [5.41, 5.74) is 0.458. The molecule has 3 heterocycles. The molecule has 1 N–H and O–H groups in total. The van der Waals surface area contributed by atoms with E-state index in [2.05, 4.69) is 22.9 Å². The molecule has 154 valence electrons. The molecule has 1 aromatic rings. The Hall–Kier alpha value is -1.86. The van der Waals surface area contributed by atoms with Crippen molar-refractivity contribution in [2.75, 3.05) is 31.6 Å². The lowest BCUT2D eigenvalue weighted by atomic mass is 10.0. The monoisotopic (exact) mass is 431 g/mol. The standard InChI is InChI=1S/C22H26N2O3S2/c1-3-4-11-23-16-9-7-14(28-16)18-20(25)21(26)19(22(18)27-2)15-8-10-17(29-15)24-12-5-6-13-24/h7-10,14,18H,3-6,11-13H2,1-2H3/p+1. The number of methoxy groups -OCH3 is 1. The first-order valence-electron chi connectivity index (χ1n) is 10.3. The highest BCUT2D eigenvalue weighted by molar-refractivity contribution is 8.15. The topological polar surface area (TPSA) is 60.6 Å². The Labute approximate surface area is 179 Å². The van der Waals surface area contributed by atoms with Gasteiger partial charge in [0.1, 0.15) is 12.3 Å². The van der Waals surface area contributed by atoms with Crippen molar-refractivity contribution in [3.8, 4) is 0 Å². The van der Waals surface area contributed by atoms with Gasteiger partial charge in [-0.2, -0.15) is 0 Å².